The lowest BCUT2D eigenvalue weighted by Gasteiger charge is -2.11. The Kier molecular flexibility index (Phi) is 7.58. The maximum atomic E-state index is 6.19. The first-order chi connectivity index (χ1) is 34.7. The number of benzene rings is 11. The van der Waals surface area contributed by atoms with Crippen molar-refractivity contribution in [2.24, 2.45) is 0 Å². The Hall–Kier alpha value is -9.38. The molecule has 0 saturated carbocycles. The molecule has 0 N–H and O–H groups in total. The van der Waals surface area contributed by atoms with Crippen molar-refractivity contribution in [3.8, 4) is 44.8 Å². The second-order valence-corrected chi connectivity index (χ2v) is 18.9. The molecule has 0 aliphatic carbocycles. The highest BCUT2D eigenvalue weighted by atomic mass is 16.3. The predicted molar refractivity (Wildman–Crippen MR) is 293 cm³/mol. The van der Waals surface area contributed by atoms with E-state index in [9.17, 15) is 0 Å². The molecule has 5 heterocycles. The summed E-state index contributed by atoms with van der Waals surface area (Å²) in [5.41, 5.74) is 19.8. The zero-order valence-corrected chi connectivity index (χ0v) is 37.8. The molecule has 4 nitrogen and oxygen atoms in total. The number of hydrogen-bond donors (Lipinski definition) is 0. The Morgan fingerprint density at radius 3 is 1.30 bits per heavy atom. The summed E-state index contributed by atoms with van der Waals surface area (Å²) in [6.45, 7) is 0. The van der Waals surface area contributed by atoms with Gasteiger partial charge >= 0.3 is 0 Å². The van der Waals surface area contributed by atoms with Crippen molar-refractivity contribution in [1.29, 1.82) is 0 Å². The van der Waals surface area contributed by atoms with Crippen molar-refractivity contribution in [2.75, 3.05) is 0 Å². The number of furan rings is 1. The summed E-state index contributed by atoms with van der Waals surface area (Å²) in [5, 5.41) is 12.4. The van der Waals surface area contributed by atoms with Gasteiger partial charge in [-0.05, 0) is 118 Å². The van der Waals surface area contributed by atoms with Gasteiger partial charge in [0.2, 0.25) is 0 Å². The predicted octanol–water partition coefficient (Wildman–Crippen LogP) is 17.9. The van der Waals surface area contributed by atoms with E-state index in [1.807, 2.05) is 12.1 Å². The fourth-order valence-electron chi connectivity index (χ4n) is 12.0. The second kappa shape index (κ2) is 14.1. The standard InChI is InChI=1S/C66H39N3O/c1-7-18-60-48(10-1)53-14-9-15-54-51-32-26-45(38-63(51)69(60)66(53)54)42-24-29-46(30-25-42)67-58-16-5-2-11-49(58)55-36-43(27-33-61(55)67)40-20-22-41(23-21-40)44-28-34-62-56(37-44)50-12-3-6-17-59(50)68(62)47-31-35-65-57(39-47)52-13-4-8-19-64(52)70-65/h1-39H. The fraction of sp³-hybridized carbons (Fsp3) is 0. The van der Waals surface area contributed by atoms with Crippen molar-refractivity contribution in [3.05, 3.63) is 237 Å². The lowest BCUT2D eigenvalue weighted by atomic mass is 9.98. The summed E-state index contributed by atoms with van der Waals surface area (Å²) in [6.07, 6.45) is 0. The normalized spacial score (nSPS) is 12.3. The van der Waals surface area contributed by atoms with E-state index >= 15 is 0 Å². The lowest BCUT2D eigenvalue weighted by molar-refractivity contribution is 0.669. The van der Waals surface area contributed by atoms with Crippen LogP contribution < -0.4 is 0 Å². The van der Waals surface area contributed by atoms with Crippen molar-refractivity contribution < 1.29 is 4.42 Å². The topological polar surface area (TPSA) is 27.4 Å². The van der Waals surface area contributed by atoms with Gasteiger partial charge < -0.3 is 18.0 Å². The van der Waals surface area contributed by atoms with Crippen LogP contribution in [0.25, 0.3) is 148 Å². The molecule has 4 heteroatoms. The first-order valence-corrected chi connectivity index (χ1v) is 24.1. The second-order valence-electron chi connectivity index (χ2n) is 18.9. The molecule has 0 saturated heterocycles. The third kappa shape index (κ3) is 5.25. The fourth-order valence-corrected chi connectivity index (χ4v) is 12.0. The number of para-hydroxylation sites is 5. The van der Waals surface area contributed by atoms with Crippen LogP contribution in [0.5, 0.6) is 0 Å². The van der Waals surface area contributed by atoms with Crippen LogP contribution in [0, 0.1) is 0 Å². The smallest absolute Gasteiger partial charge is 0.135 e. The molecule has 0 unspecified atom stereocenters. The Labute approximate surface area is 401 Å². The molecule has 0 bridgehead atoms. The van der Waals surface area contributed by atoms with Crippen LogP contribution in [0.2, 0.25) is 0 Å². The molecule has 0 radical (unpaired) electrons. The molecule has 0 atom stereocenters. The minimum Gasteiger partial charge on any atom is -0.456 e. The van der Waals surface area contributed by atoms with Gasteiger partial charge in [0.25, 0.3) is 0 Å². The number of hydrogen-bond acceptors (Lipinski definition) is 1. The zero-order chi connectivity index (χ0) is 45.6. The van der Waals surface area contributed by atoms with Crippen LogP contribution in [0.3, 0.4) is 0 Å². The molecule has 0 fully saturated rings. The largest absolute Gasteiger partial charge is 0.456 e. The number of rotatable bonds is 5. The minimum absolute atomic E-state index is 0.903. The van der Waals surface area contributed by atoms with E-state index in [2.05, 4.69) is 238 Å². The molecular formula is C66H39N3O. The SMILES string of the molecule is c1ccc2c(c1)oc1ccc(-n3c4ccccc4c4cc(-c5ccc(-c6ccc7c(c6)c6ccccc6n7-c6ccc(-c7ccc8c9cccc%10c%11ccccc%11n(c8c7)c%109)cc6)cc5)ccc43)cc12. The summed E-state index contributed by atoms with van der Waals surface area (Å²) >= 11 is 0. The highest BCUT2D eigenvalue weighted by Crippen LogP contribution is 2.42. The summed E-state index contributed by atoms with van der Waals surface area (Å²) < 4.78 is 13.4. The molecule has 11 aromatic carbocycles. The van der Waals surface area contributed by atoms with Gasteiger partial charge in [-0.1, -0.05) is 152 Å². The summed E-state index contributed by atoms with van der Waals surface area (Å²) in [7, 11) is 0. The molecule has 16 aromatic rings. The molecule has 70 heavy (non-hydrogen) atoms. The maximum absolute atomic E-state index is 6.19. The van der Waals surface area contributed by atoms with Crippen LogP contribution >= 0.6 is 0 Å². The minimum atomic E-state index is 0.903. The molecule has 0 amide bonds. The van der Waals surface area contributed by atoms with E-state index in [1.165, 1.54) is 115 Å². The van der Waals surface area contributed by atoms with Gasteiger partial charge in [-0.2, -0.15) is 0 Å². The van der Waals surface area contributed by atoms with Gasteiger partial charge in [-0.15, -0.1) is 0 Å². The highest BCUT2D eigenvalue weighted by Gasteiger charge is 2.20. The average Bonchev–Trinajstić information content (AvgIpc) is 4.23. The Morgan fingerprint density at radius 1 is 0.229 bits per heavy atom. The average molecular weight is 890 g/mol. The third-order valence-corrected chi connectivity index (χ3v) is 15.2. The van der Waals surface area contributed by atoms with Crippen LogP contribution in [0.1, 0.15) is 0 Å². The Balaban J connectivity index is 0.737. The first kappa shape index (κ1) is 37.7. The van der Waals surface area contributed by atoms with Gasteiger partial charge in [-0.3, -0.25) is 0 Å². The summed E-state index contributed by atoms with van der Waals surface area (Å²) in [6, 6.07) is 86.8. The monoisotopic (exact) mass is 889 g/mol. The van der Waals surface area contributed by atoms with Gasteiger partial charge in [0.05, 0.1) is 38.6 Å². The van der Waals surface area contributed by atoms with Gasteiger partial charge in [0, 0.05) is 65.2 Å². The lowest BCUT2D eigenvalue weighted by Crippen LogP contribution is -1.93. The first-order valence-electron chi connectivity index (χ1n) is 24.1. The van der Waals surface area contributed by atoms with E-state index in [0.717, 1.165) is 33.3 Å². The van der Waals surface area contributed by atoms with Crippen LogP contribution in [-0.4, -0.2) is 13.5 Å². The molecular weight excluding hydrogens is 851 g/mol. The van der Waals surface area contributed by atoms with Crippen molar-refractivity contribution in [1.82, 2.24) is 13.5 Å². The molecule has 5 aromatic heterocycles. The molecule has 0 aliphatic heterocycles. The van der Waals surface area contributed by atoms with E-state index in [4.69, 9.17) is 4.42 Å². The zero-order valence-electron chi connectivity index (χ0n) is 37.8. The third-order valence-electron chi connectivity index (χ3n) is 15.2. The highest BCUT2D eigenvalue weighted by molar-refractivity contribution is 6.23. The molecule has 324 valence electrons. The van der Waals surface area contributed by atoms with E-state index in [-0.39, 0.29) is 0 Å². The van der Waals surface area contributed by atoms with Crippen molar-refractivity contribution >= 4 is 104 Å². The summed E-state index contributed by atoms with van der Waals surface area (Å²) in [5.74, 6) is 0. The van der Waals surface area contributed by atoms with Gasteiger partial charge in [0.15, 0.2) is 0 Å². The van der Waals surface area contributed by atoms with E-state index < -0.39 is 0 Å². The van der Waals surface area contributed by atoms with Crippen molar-refractivity contribution in [3.63, 3.8) is 0 Å². The van der Waals surface area contributed by atoms with Crippen molar-refractivity contribution in [2.45, 2.75) is 0 Å². The maximum Gasteiger partial charge on any atom is 0.135 e. The van der Waals surface area contributed by atoms with Gasteiger partial charge in [-0.25, -0.2) is 0 Å². The Bertz CT molecular complexity index is 4810. The van der Waals surface area contributed by atoms with Crippen LogP contribution in [-0.2, 0) is 0 Å². The van der Waals surface area contributed by atoms with Crippen LogP contribution in [0.15, 0.2) is 241 Å². The number of aromatic nitrogens is 3. The number of fused-ring (bicyclic) bond motifs is 15. The Morgan fingerprint density at radius 2 is 0.657 bits per heavy atom. The molecule has 0 spiro atoms. The quantitative estimate of drug-likeness (QED) is 0.169. The van der Waals surface area contributed by atoms with E-state index in [1.54, 1.807) is 0 Å². The molecule has 0 aliphatic rings. The molecule has 16 rings (SSSR count). The van der Waals surface area contributed by atoms with Crippen LogP contribution in [0.4, 0.5) is 0 Å². The number of nitrogens with zero attached hydrogens (tertiary/aromatic N) is 3. The van der Waals surface area contributed by atoms with Gasteiger partial charge in [0.1, 0.15) is 11.2 Å². The van der Waals surface area contributed by atoms with E-state index in [0.29, 0.717) is 0 Å². The summed E-state index contributed by atoms with van der Waals surface area (Å²) in [4.78, 5) is 0.